The second-order valence-electron chi connectivity index (χ2n) is 9.90. The number of rotatable bonds is 5. The van der Waals surface area contributed by atoms with Crippen LogP contribution in [0.4, 0.5) is 0 Å². The van der Waals surface area contributed by atoms with Gasteiger partial charge in [-0.1, -0.05) is 84.9 Å². The number of aromatic nitrogens is 4. The third kappa shape index (κ3) is 4.29. The first-order valence-electron chi connectivity index (χ1n) is 13.6. The summed E-state index contributed by atoms with van der Waals surface area (Å²) in [6, 6.07) is 38.4. The summed E-state index contributed by atoms with van der Waals surface area (Å²) < 4.78 is 0. The Labute approximate surface area is 250 Å². The molecule has 0 saturated carbocycles. The van der Waals surface area contributed by atoms with Gasteiger partial charge < -0.3 is 0 Å². The zero-order chi connectivity index (χ0) is 27.9. The van der Waals surface area contributed by atoms with Gasteiger partial charge in [-0.05, 0) is 56.9 Å². The Morgan fingerprint density at radius 2 is 0.738 bits per heavy atom. The molecule has 0 saturated heterocycles. The van der Waals surface area contributed by atoms with Crippen molar-refractivity contribution in [3.05, 3.63) is 132 Å². The summed E-state index contributed by atoms with van der Waals surface area (Å²) in [7, 11) is 0. The Balaban J connectivity index is 1.28. The van der Waals surface area contributed by atoms with Crippen LogP contribution in [0.25, 0.3) is 76.6 Å². The highest BCUT2D eigenvalue weighted by atomic mass is 32.1. The van der Waals surface area contributed by atoms with Crippen molar-refractivity contribution in [3.63, 3.8) is 0 Å². The average molecular weight is 575 g/mol. The van der Waals surface area contributed by atoms with Gasteiger partial charge in [0.2, 0.25) is 0 Å². The van der Waals surface area contributed by atoms with E-state index >= 15 is 0 Å². The number of fused-ring (bicyclic) bond motifs is 2. The van der Waals surface area contributed by atoms with Crippen molar-refractivity contribution in [1.29, 1.82) is 0 Å². The van der Waals surface area contributed by atoms with Gasteiger partial charge in [-0.2, -0.15) is 0 Å². The third-order valence-corrected chi connectivity index (χ3v) is 9.08. The summed E-state index contributed by atoms with van der Waals surface area (Å²) in [5.41, 5.74) is 8.27. The number of thiazole rings is 2. The monoisotopic (exact) mass is 574 g/mol. The number of pyridine rings is 2. The fourth-order valence-corrected chi connectivity index (χ4v) is 6.84. The second-order valence-corrected chi connectivity index (χ2v) is 11.7. The fraction of sp³-hybridized carbons (Fsp3) is 0. The molecule has 0 fully saturated rings. The molecule has 4 aromatic carbocycles. The highest BCUT2D eigenvalue weighted by Gasteiger charge is 2.16. The largest absolute Gasteiger partial charge is 0.245 e. The lowest BCUT2D eigenvalue weighted by Gasteiger charge is -2.15. The van der Waals surface area contributed by atoms with Gasteiger partial charge in [0.25, 0.3) is 0 Å². The van der Waals surface area contributed by atoms with Gasteiger partial charge in [0.15, 0.2) is 0 Å². The smallest absolute Gasteiger partial charge is 0.141 e. The molecule has 0 aliphatic heterocycles. The van der Waals surface area contributed by atoms with Gasteiger partial charge in [-0.3, -0.25) is 0 Å². The molecule has 0 aliphatic carbocycles. The maximum Gasteiger partial charge on any atom is 0.141 e. The molecule has 8 aromatic rings. The maximum absolute atomic E-state index is 5.00. The molecule has 4 heterocycles. The summed E-state index contributed by atoms with van der Waals surface area (Å²) in [5.74, 6) is 0. The van der Waals surface area contributed by atoms with E-state index in [9.17, 15) is 0 Å². The van der Waals surface area contributed by atoms with E-state index in [1.807, 2.05) is 35.3 Å². The molecule has 0 atom stereocenters. The van der Waals surface area contributed by atoms with Crippen molar-refractivity contribution < 1.29 is 0 Å². The molecule has 6 heteroatoms. The minimum absolute atomic E-state index is 0.893. The normalized spacial score (nSPS) is 11.3. The summed E-state index contributed by atoms with van der Waals surface area (Å²) >= 11 is 3.21. The highest BCUT2D eigenvalue weighted by molar-refractivity contribution is 7.13. The SMILES string of the molecule is c1cc(-c2nccs2)nc(-c2ccc(-c3ccc(-c4cccc(-c5nccs5)n4)c4ccccc34)c3ccccc23)c1. The van der Waals surface area contributed by atoms with Gasteiger partial charge in [-0.25, -0.2) is 19.9 Å². The maximum atomic E-state index is 5.00. The van der Waals surface area contributed by atoms with Crippen molar-refractivity contribution in [2.24, 2.45) is 0 Å². The van der Waals surface area contributed by atoms with Crippen molar-refractivity contribution in [1.82, 2.24) is 19.9 Å². The van der Waals surface area contributed by atoms with Gasteiger partial charge in [-0.15, -0.1) is 22.7 Å². The van der Waals surface area contributed by atoms with Gasteiger partial charge in [0, 0.05) is 34.3 Å². The zero-order valence-electron chi connectivity index (χ0n) is 22.3. The van der Waals surface area contributed by atoms with E-state index in [0.717, 1.165) is 43.9 Å². The Morgan fingerprint density at radius 3 is 1.14 bits per heavy atom. The van der Waals surface area contributed by atoms with Crippen LogP contribution in [0.5, 0.6) is 0 Å². The fourth-order valence-electron chi connectivity index (χ4n) is 5.62. The Morgan fingerprint density at radius 1 is 0.357 bits per heavy atom. The molecule has 4 nitrogen and oxygen atoms in total. The topological polar surface area (TPSA) is 51.6 Å². The van der Waals surface area contributed by atoms with E-state index in [-0.39, 0.29) is 0 Å². The molecule has 4 aromatic heterocycles. The third-order valence-electron chi connectivity index (χ3n) is 7.49. The molecule has 0 aliphatic rings. The van der Waals surface area contributed by atoms with Gasteiger partial charge >= 0.3 is 0 Å². The summed E-state index contributed by atoms with van der Waals surface area (Å²) in [4.78, 5) is 18.9. The van der Waals surface area contributed by atoms with Crippen molar-refractivity contribution in [2.45, 2.75) is 0 Å². The molecule has 42 heavy (non-hydrogen) atoms. The lowest BCUT2D eigenvalue weighted by Crippen LogP contribution is -1.92. The number of hydrogen-bond donors (Lipinski definition) is 0. The van der Waals surface area contributed by atoms with Crippen LogP contribution in [0.2, 0.25) is 0 Å². The van der Waals surface area contributed by atoms with Crippen LogP contribution < -0.4 is 0 Å². The summed E-state index contributed by atoms with van der Waals surface area (Å²) in [6.45, 7) is 0. The van der Waals surface area contributed by atoms with Crippen LogP contribution in [-0.4, -0.2) is 19.9 Å². The molecule has 0 bridgehead atoms. The summed E-state index contributed by atoms with van der Waals surface area (Å²) in [6.07, 6.45) is 3.64. The van der Waals surface area contributed by atoms with Crippen LogP contribution in [0.1, 0.15) is 0 Å². The lowest BCUT2D eigenvalue weighted by atomic mass is 9.89. The van der Waals surface area contributed by atoms with Crippen LogP contribution in [-0.2, 0) is 0 Å². The van der Waals surface area contributed by atoms with E-state index in [1.54, 1.807) is 22.7 Å². The minimum Gasteiger partial charge on any atom is -0.245 e. The Bertz CT molecular complexity index is 2040. The predicted octanol–water partition coefficient (Wildman–Crippen LogP) is 10.0. The second kappa shape index (κ2) is 10.4. The Hall–Kier alpha value is -5.04. The van der Waals surface area contributed by atoms with Gasteiger partial charge in [0.1, 0.15) is 10.0 Å². The van der Waals surface area contributed by atoms with E-state index in [0.29, 0.717) is 0 Å². The standard InChI is InChI=1S/C36H22N4S2/c1-3-9-25-23(7-1)27(15-17-29(25)31-11-5-13-33(39-31)35-37-19-21-41-35)28-16-18-30(26-10-4-2-8-24(26)28)32-12-6-14-34(40-32)36-38-20-22-42-36/h1-22H. The Kier molecular flexibility index (Phi) is 6.13. The van der Waals surface area contributed by atoms with E-state index in [4.69, 9.17) is 9.97 Å². The van der Waals surface area contributed by atoms with E-state index in [1.165, 1.54) is 32.7 Å². The predicted molar refractivity (Wildman–Crippen MR) is 176 cm³/mol. The first-order valence-corrected chi connectivity index (χ1v) is 15.4. The van der Waals surface area contributed by atoms with E-state index in [2.05, 4.69) is 107 Å². The number of nitrogens with zero attached hydrogens (tertiary/aromatic N) is 4. The first kappa shape index (κ1) is 24.7. The highest BCUT2D eigenvalue weighted by Crippen LogP contribution is 2.41. The molecule has 0 unspecified atom stereocenters. The molecule has 0 radical (unpaired) electrons. The number of hydrogen-bond acceptors (Lipinski definition) is 6. The van der Waals surface area contributed by atoms with E-state index < -0.39 is 0 Å². The van der Waals surface area contributed by atoms with Gasteiger partial charge in [0.05, 0.1) is 22.8 Å². The van der Waals surface area contributed by atoms with Crippen molar-refractivity contribution in [3.8, 4) is 55.0 Å². The number of benzene rings is 4. The van der Waals surface area contributed by atoms with Crippen LogP contribution in [0, 0.1) is 0 Å². The molecular weight excluding hydrogens is 553 g/mol. The average Bonchev–Trinajstić information content (AvgIpc) is 3.80. The lowest BCUT2D eigenvalue weighted by molar-refractivity contribution is 1.29. The molecule has 198 valence electrons. The van der Waals surface area contributed by atoms with Crippen LogP contribution in [0.3, 0.4) is 0 Å². The minimum atomic E-state index is 0.893. The summed E-state index contributed by atoms with van der Waals surface area (Å²) in [5, 5.41) is 10.5. The van der Waals surface area contributed by atoms with Crippen LogP contribution >= 0.6 is 22.7 Å². The molecular formula is C36H22N4S2. The molecule has 0 N–H and O–H groups in total. The molecule has 0 amide bonds. The van der Waals surface area contributed by atoms with Crippen molar-refractivity contribution in [2.75, 3.05) is 0 Å². The molecule has 0 spiro atoms. The first-order chi connectivity index (χ1) is 20.8. The quantitative estimate of drug-likeness (QED) is 0.205. The van der Waals surface area contributed by atoms with Crippen LogP contribution in [0.15, 0.2) is 132 Å². The van der Waals surface area contributed by atoms with Crippen molar-refractivity contribution >= 4 is 44.2 Å². The molecule has 8 rings (SSSR count). The zero-order valence-corrected chi connectivity index (χ0v) is 23.9.